The van der Waals surface area contributed by atoms with E-state index in [0.717, 1.165) is 0 Å². The van der Waals surface area contributed by atoms with Crippen LogP contribution in [0.5, 0.6) is 0 Å². The summed E-state index contributed by atoms with van der Waals surface area (Å²) in [5.74, 6) is -3.15. The fourth-order valence-corrected chi connectivity index (χ4v) is 1.26. The van der Waals surface area contributed by atoms with E-state index in [2.05, 4.69) is 0 Å². The van der Waals surface area contributed by atoms with Gasteiger partial charge in [0.2, 0.25) is 5.92 Å². The highest BCUT2D eigenvalue weighted by molar-refractivity contribution is 4.76. The summed E-state index contributed by atoms with van der Waals surface area (Å²) >= 11 is 0. The fourth-order valence-electron chi connectivity index (χ4n) is 1.26. The molecule has 0 heterocycles. The van der Waals surface area contributed by atoms with E-state index in [-0.39, 0.29) is 17.9 Å². The normalized spacial score (nSPS) is 13.9. The number of alkyl halides is 2. The van der Waals surface area contributed by atoms with E-state index in [4.69, 9.17) is 4.74 Å². The third-order valence-corrected chi connectivity index (χ3v) is 2.79. The number of hydrogen-bond donors (Lipinski definition) is 0. The van der Waals surface area contributed by atoms with Crippen LogP contribution < -0.4 is 0 Å². The van der Waals surface area contributed by atoms with Gasteiger partial charge in [0, 0.05) is 12.3 Å². The lowest BCUT2D eigenvalue weighted by Gasteiger charge is -2.29. The van der Waals surface area contributed by atoms with Crippen molar-refractivity contribution in [1.82, 2.24) is 0 Å². The summed E-state index contributed by atoms with van der Waals surface area (Å²) in [6.07, 6.45) is 0.592. The standard InChI is InChI=1S/C13H26F2O/c1-10(2)13(14,15)8-7-12(5,6)9-16-11(3)4/h10-11H,7-9H2,1-6H3. The van der Waals surface area contributed by atoms with Gasteiger partial charge in [-0.2, -0.15) is 0 Å². The zero-order chi connectivity index (χ0) is 13.0. The summed E-state index contributed by atoms with van der Waals surface area (Å²) in [5.41, 5.74) is -0.178. The molecular weight excluding hydrogens is 210 g/mol. The minimum absolute atomic E-state index is 0.0564. The molecule has 0 spiro atoms. The molecule has 0 aliphatic rings. The van der Waals surface area contributed by atoms with E-state index < -0.39 is 11.8 Å². The lowest BCUT2D eigenvalue weighted by molar-refractivity contribution is -0.0677. The van der Waals surface area contributed by atoms with Gasteiger partial charge in [0.1, 0.15) is 0 Å². The van der Waals surface area contributed by atoms with E-state index in [1.807, 2.05) is 27.7 Å². The Hall–Kier alpha value is -0.180. The van der Waals surface area contributed by atoms with Gasteiger partial charge >= 0.3 is 0 Å². The lowest BCUT2D eigenvalue weighted by Crippen LogP contribution is -2.29. The number of rotatable bonds is 7. The second-order valence-corrected chi connectivity index (χ2v) is 5.94. The maximum Gasteiger partial charge on any atom is 0.250 e. The molecule has 0 atom stereocenters. The van der Waals surface area contributed by atoms with E-state index in [0.29, 0.717) is 13.0 Å². The van der Waals surface area contributed by atoms with Crippen LogP contribution in [0.25, 0.3) is 0 Å². The topological polar surface area (TPSA) is 9.23 Å². The van der Waals surface area contributed by atoms with Crippen molar-refractivity contribution in [3.05, 3.63) is 0 Å². The Morgan fingerprint density at radius 2 is 1.50 bits per heavy atom. The zero-order valence-corrected chi connectivity index (χ0v) is 11.4. The van der Waals surface area contributed by atoms with Crippen LogP contribution in [0.3, 0.4) is 0 Å². The molecule has 0 fully saturated rings. The minimum atomic E-state index is -2.56. The minimum Gasteiger partial charge on any atom is -0.378 e. The van der Waals surface area contributed by atoms with Crippen molar-refractivity contribution < 1.29 is 13.5 Å². The Balaban J connectivity index is 4.07. The Bertz CT molecular complexity index is 198. The second kappa shape index (κ2) is 5.95. The summed E-state index contributed by atoms with van der Waals surface area (Å²) in [6, 6.07) is 0. The molecule has 0 aromatic rings. The van der Waals surface area contributed by atoms with Gasteiger partial charge < -0.3 is 4.74 Å². The fraction of sp³-hybridized carbons (Fsp3) is 1.00. The molecule has 0 saturated heterocycles. The lowest BCUT2D eigenvalue weighted by atomic mass is 9.85. The first kappa shape index (κ1) is 15.8. The van der Waals surface area contributed by atoms with Crippen LogP contribution in [0.1, 0.15) is 54.4 Å². The Morgan fingerprint density at radius 1 is 1.00 bits per heavy atom. The molecule has 1 nitrogen and oxygen atoms in total. The maximum atomic E-state index is 13.4. The van der Waals surface area contributed by atoms with Crippen LogP contribution in [0.15, 0.2) is 0 Å². The van der Waals surface area contributed by atoms with Crippen LogP contribution in [0, 0.1) is 11.3 Å². The molecule has 3 heteroatoms. The van der Waals surface area contributed by atoms with Crippen LogP contribution in [-0.4, -0.2) is 18.6 Å². The first-order chi connectivity index (χ1) is 7.07. The molecule has 16 heavy (non-hydrogen) atoms. The van der Waals surface area contributed by atoms with Gasteiger partial charge in [0.05, 0.1) is 12.7 Å². The van der Waals surface area contributed by atoms with E-state index >= 15 is 0 Å². The zero-order valence-electron chi connectivity index (χ0n) is 11.4. The first-order valence-corrected chi connectivity index (χ1v) is 6.06. The molecule has 98 valence electrons. The number of ether oxygens (including phenoxy) is 1. The number of halogens is 2. The van der Waals surface area contributed by atoms with E-state index in [1.165, 1.54) is 0 Å². The van der Waals surface area contributed by atoms with Crippen molar-refractivity contribution in [2.45, 2.75) is 66.4 Å². The smallest absolute Gasteiger partial charge is 0.250 e. The summed E-state index contributed by atoms with van der Waals surface area (Å²) in [5, 5.41) is 0. The van der Waals surface area contributed by atoms with Gasteiger partial charge in [-0.3, -0.25) is 0 Å². The average Bonchev–Trinajstić information content (AvgIpc) is 2.12. The van der Waals surface area contributed by atoms with Crippen LogP contribution in [-0.2, 0) is 4.74 Å². The molecule has 0 N–H and O–H groups in total. The molecule has 0 aliphatic carbocycles. The largest absolute Gasteiger partial charge is 0.378 e. The van der Waals surface area contributed by atoms with Crippen LogP contribution in [0.4, 0.5) is 8.78 Å². The summed E-state index contributed by atoms with van der Waals surface area (Å²) in [6.45, 7) is 11.5. The van der Waals surface area contributed by atoms with Gasteiger partial charge in [-0.1, -0.05) is 27.7 Å². The van der Waals surface area contributed by atoms with E-state index in [9.17, 15) is 8.78 Å². The quantitative estimate of drug-likeness (QED) is 0.632. The Morgan fingerprint density at radius 3 is 1.88 bits per heavy atom. The summed E-state index contributed by atoms with van der Waals surface area (Å²) in [4.78, 5) is 0. The van der Waals surface area contributed by atoms with Gasteiger partial charge in [-0.05, 0) is 25.7 Å². The van der Waals surface area contributed by atoms with Crippen molar-refractivity contribution in [1.29, 1.82) is 0 Å². The van der Waals surface area contributed by atoms with Crippen molar-refractivity contribution in [2.24, 2.45) is 11.3 Å². The molecule has 0 amide bonds. The molecular formula is C13H26F2O. The van der Waals surface area contributed by atoms with Gasteiger partial charge in [-0.25, -0.2) is 8.78 Å². The van der Waals surface area contributed by atoms with Crippen molar-refractivity contribution in [3.8, 4) is 0 Å². The van der Waals surface area contributed by atoms with Crippen molar-refractivity contribution in [3.63, 3.8) is 0 Å². The van der Waals surface area contributed by atoms with Crippen LogP contribution >= 0.6 is 0 Å². The first-order valence-electron chi connectivity index (χ1n) is 6.06. The molecule has 0 unspecified atom stereocenters. The van der Waals surface area contributed by atoms with Gasteiger partial charge in [0.15, 0.2) is 0 Å². The highest BCUT2D eigenvalue weighted by Crippen LogP contribution is 2.34. The SMILES string of the molecule is CC(C)OCC(C)(C)CCC(F)(F)C(C)C. The molecule has 0 aromatic heterocycles. The predicted molar refractivity (Wildman–Crippen MR) is 63.9 cm³/mol. The van der Waals surface area contributed by atoms with E-state index in [1.54, 1.807) is 13.8 Å². The monoisotopic (exact) mass is 236 g/mol. The maximum absolute atomic E-state index is 13.4. The second-order valence-electron chi connectivity index (χ2n) is 5.94. The average molecular weight is 236 g/mol. The molecule has 0 saturated carbocycles. The van der Waals surface area contributed by atoms with Crippen molar-refractivity contribution in [2.75, 3.05) is 6.61 Å². The molecule has 0 bridgehead atoms. The highest BCUT2D eigenvalue weighted by atomic mass is 19.3. The Kier molecular flexibility index (Phi) is 5.88. The predicted octanol–water partition coefficient (Wildman–Crippen LogP) is 4.51. The molecule has 0 aromatic carbocycles. The van der Waals surface area contributed by atoms with Crippen LogP contribution in [0.2, 0.25) is 0 Å². The summed E-state index contributed by atoms with van der Waals surface area (Å²) < 4.78 is 32.4. The summed E-state index contributed by atoms with van der Waals surface area (Å²) in [7, 11) is 0. The third kappa shape index (κ3) is 6.41. The third-order valence-electron chi connectivity index (χ3n) is 2.79. The van der Waals surface area contributed by atoms with Crippen molar-refractivity contribution >= 4 is 0 Å². The molecule has 0 aliphatic heterocycles. The molecule has 0 rings (SSSR count). The van der Waals surface area contributed by atoms with Gasteiger partial charge in [0.25, 0.3) is 0 Å². The Labute approximate surface area is 98.6 Å². The highest BCUT2D eigenvalue weighted by Gasteiger charge is 2.35. The number of hydrogen-bond acceptors (Lipinski definition) is 1. The molecule has 0 radical (unpaired) electrons. The van der Waals surface area contributed by atoms with Gasteiger partial charge in [-0.15, -0.1) is 0 Å².